The molecular formula is C19H22O5. The Labute approximate surface area is 142 Å². The molecule has 24 heavy (non-hydrogen) atoms. The zero-order valence-corrected chi connectivity index (χ0v) is 14.2. The molecular weight excluding hydrogens is 308 g/mol. The first-order valence-corrected chi connectivity index (χ1v) is 7.59. The van der Waals surface area contributed by atoms with Crippen LogP contribution in [0.2, 0.25) is 0 Å². The average Bonchev–Trinajstić information content (AvgIpc) is 2.65. The lowest BCUT2D eigenvalue weighted by molar-refractivity contribution is -0.110. The smallest absolute Gasteiger partial charge is 0.161 e. The van der Waals surface area contributed by atoms with Crippen molar-refractivity contribution in [1.82, 2.24) is 0 Å². The third-order valence-electron chi connectivity index (χ3n) is 3.73. The fourth-order valence-electron chi connectivity index (χ4n) is 2.32. The molecule has 0 heterocycles. The SMILES string of the molecule is COc1ccc(COCC(C=O)c2ccc(OC)c(OC)c2)cc1. The zero-order valence-electron chi connectivity index (χ0n) is 14.2. The van der Waals surface area contributed by atoms with Gasteiger partial charge in [-0.25, -0.2) is 0 Å². The van der Waals surface area contributed by atoms with E-state index >= 15 is 0 Å². The Bertz CT molecular complexity index is 651. The van der Waals surface area contributed by atoms with E-state index in [1.807, 2.05) is 30.3 Å². The van der Waals surface area contributed by atoms with Crippen molar-refractivity contribution in [2.45, 2.75) is 12.5 Å². The van der Waals surface area contributed by atoms with Crippen molar-refractivity contribution in [1.29, 1.82) is 0 Å². The van der Waals surface area contributed by atoms with Crippen LogP contribution in [0.25, 0.3) is 0 Å². The molecule has 1 atom stereocenters. The molecule has 5 nitrogen and oxygen atoms in total. The molecule has 5 heteroatoms. The van der Waals surface area contributed by atoms with Crippen molar-refractivity contribution in [3.8, 4) is 17.2 Å². The maximum absolute atomic E-state index is 11.4. The van der Waals surface area contributed by atoms with Gasteiger partial charge in [0.1, 0.15) is 12.0 Å². The Hall–Kier alpha value is -2.53. The van der Waals surface area contributed by atoms with Crippen LogP contribution in [0.3, 0.4) is 0 Å². The molecule has 0 bridgehead atoms. The third-order valence-corrected chi connectivity index (χ3v) is 3.73. The Kier molecular flexibility index (Phi) is 6.63. The van der Waals surface area contributed by atoms with E-state index < -0.39 is 0 Å². The van der Waals surface area contributed by atoms with Gasteiger partial charge < -0.3 is 23.7 Å². The summed E-state index contributed by atoms with van der Waals surface area (Å²) in [7, 11) is 4.77. The Morgan fingerprint density at radius 1 is 0.917 bits per heavy atom. The minimum absolute atomic E-state index is 0.297. The molecule has 0 aromatic heterocycles. The average molecular weight is 330 g/mol. The second kappa shape index (κ2) is 8.93. The first-order chi connectivity index (χ1) is 11.7. The van der Waals surface area contributed by atoms with Crippen molar-refractivity contribution in [2.75, 3.05) is 27.9 Å². The quantitative estimate of drug-likeness (QED) is 0.661. The highest BCUT2D eigenvalue weighted by Gasteiger charge is 2.14. The van der Waals surface area contributed by atoms with Gasteiger partial charge in [-0.2, -0.15) is 0 Å². The lowest BCUT2D eigenvalue weighted by Crippen LogP contribution is -2.10. The van der Waals surface area contributed by atoms with E-state index in [2.05, 4.69) is 0 Å². The number of carbonyl (C=O) groups is 1. The monoisotopic (exact) mass is 330 g/mol. The normalized spacial score (nSPS) is 11.6. The second-order valence-electron chi connectivity index (χ2n) is 5.22. The van der Waals surface area contributed by atoms with E-state index in [1.165, 1.54) is 0 Å². The molecule has 0 N–H and O–H groups in total. The maximum atomic E-state index is 11.4. The predicted octanol–water partition coefficient (Wildman–Crippen LogP) is 3.21. The molecule has 0 amide bonds. The summed E-state index contributed by atoms with van der Waals surface area (Å²) < 4.78 is 21.3. The van der Waals surface area contributed by atoms with Crippen molar-refractivity contribution in [3.63, 3.8) is 0 Å². The van der Waals surface area contributed by atoms with Crippen molar-refractivity contribution in [2.24, 2.45) is 0 Å². The molecule has 2 aromatic rings. The summed E-state index contributed by atoms with van der Waals surface area (Å²) in [6, 6.07) is 13.1. The summed E-state index contributed by atoms with van der Waals surface area (Å²) in [6.07, 6.45) is 0.884. The highest BCUT2D eigenvalue weighted by Crippen LogP contribution is 2.30. The van der Waals surface area contributed by atoms with Gasteiger partial charge in [-0.05, 0) is 35.4 Å². The van der Waals surface area contributed by atoms with Crippen LogP contribution in [0.4, 0.5) is 0 Å². The summed E-state index contributed by atoms with van der Waals surface area (Å²) in [5.41, 5.74) is 1.85. The van der Waals surface area contributed by atoms with E-state index in [-0.39, 0.29) is 5.92 Å². The van der Waals surface area contributed by atoms with Crippen LogP contribution in [-0.4, -0.2) is 34.2 Å². The van der Waals surface area contributed by atoms with Crippen LogP contribution in [0.5, 0.6) is 17.2 Å². The molecule has 0 aliphatic rings. The molecule has 2 aromatic carbocycles. The van der Waals surface area contributed by atoms with Gasteiger partial charge in [0.05, 0.1) is 40.5 Å². The number of methoxy groups -OCH3 is 3. The Balaban J connectivity index is 1.97. The lowest BCUT2D eigenvalue weighted by Gasteiger charge is -2.14. The zero-order chi connectivity index (χ0) is 17.4. The van der Waals surface area contributed by atoms with Crippen LogP contribution < -0.4 is 14.2 Å². The number of aldehydes is 1. The van der Waals surface area contributed by atoms with E-state index in [0.717, 1.165) is 23.2 Å². The fourth-order valence-corrected chi connectivity index (χ4v) is 2.32. The topological polar surface area (TPSA) is 54.0 Å². The number of rotatable bonds is 9. The van der Waals surface area contributed by atoms with Crippen molar-refractivity contribution >= 4 is 6.29 Å². The first kappa shape index (κ1) is 17.8. The van der Waals surface area contributed by atoms with Crippen LogP contribution in [0.1, 0.15) is 17.0 Å². The molecule has 0 aliphatic heterocycles. The van der Waals surface area contributed by atoms with E-state index in [4.69, 9.17) is 18.9 Å². The molecule has 1 unspecified atom stereocenters. The number of carbonyl (C=O) groups excluding carboxylic acids is 1. The summed E-state index contributed by atoms with van der Waals surface area (Å²) in [5, 5.41) is 0. The van der Waals surface area contributed by atoms with E-state index in [9.17, 15) is 4.79 Å². The molecule has 0 spiro atoms. The van der Waals surface area contributed by atoms with Gasteiger partial charge in [0.2, 0.25) is 0 Å². The molecule has 0 aliphatic carbocycles. The Morgan fingerprint density at radius 2 is 1.62 bits per heavy atom. The number of hydrogen-bond acceptors (Lipinski definition) is 5. The Morgan fingerprint density at radius 3 is 2.21 bits per heavy atom. The number of benzene rings is 2. The second-order valence-corrected chi connectivity index (χ2v) is 5.22. The highest BCUT2D eigenvalue weighted by atomic mass is 16.5. The van der Waals surface area contributed by atoms with Crippen LogP contribution in [0.15, 0.2) is 42.5 Å². The van der Waals surface area contributed by atoms with Gasteiger partial charge in [0.15, 0.2) is 11.5 Å². The number of hydrogen-bond donors (Lipinski definition) is 0. The van der Waals surface area contributed by atoms with Crippen LogP contribution >= 0.6 is 0 Å². The minimum Gasteiger partial charge on any atom is -0.497 e. The molecule has 128 valence electrons. The first-order valence-electron chi connectivity index (χ1n) is 7.59. The fraction of sp³-hybridized carbons (Fsp3) is 0.316. The van der Waals surface area contributed by atoms with Crippen molar-refractivity contribution < 1.29 is 23.7 Å². The maximum Gasteiger partial charge on any atom is 0.161 e. The third kappa shape index (κ3) is 4.49. The summed E-state index contributed by atoms with van der Waals surface area (Å²) in [5.74, 6) is 1.67. The standard InChI is InChI=1S/C19H22O5/c1-21-17-7-4-14(5-8-17)12-24-13-16(11-20)15-6-9-18(22-2)19(10-15)23-3/h4-11,16H,12-13H2,1-3H3. The highest BCUT2D eigenvalue weighted by molar-refractivity contribution is 5.63. The van der Waals surface area contributed by atoms with Crippen molar-refractivity contribution in [3.05, 3.63) is 53.6 Å². The van der Waals surface area contributed by atoms with Gasteiger partial charge >= 0.3 is 0 Å². The predicted molar refractivity (Wildman–Crippen MR) is 91.0 cm³/mol. The van der Waals surface area contributed by atoms with Gasteiger partial charge in [-0.15, -0.1) is 0 Å². The summed E-state index contributed by atoms with van der Waals surface area (Å²) in [6.45, 7) is 0.729. The summed E-state index contributed by atoms with van der Waals surface area (Å²) in [4.78, 5) is 11.4. The molecule has 0 saturated heterocycles. The van der Waals surface area contributed by atoms with Gasteiger partial charge in [-0.3, -0.25) is 0 Å². The molecule has 2 rings (SSSR count). The van der Waals surface area contributed by atoms with E-state index in [0.29, 0.717) is 24.7 Å². The summed E-state index contributed by atoms with van der Waals surface area (Å²) >= 11 is 0. The number of ether oxygens (including phenoxy) is 4. The van der Waals surface area contributed by atoms with Gasteiger partial charge in [-0.1, -0.05) is 18.2 Å². The van der Waals surface area contributed by atoms with E-state index in [1.54, 1.807) is 33.5 Å². The molecule has 0 saturated carbocycles. The van der Waals surface area contributed by atoms with Gasteiger partial charge in [0.25, 0.3) is 0 Å². The van der Waals surface area contributed by atoms with Gasteiger partial charge in [0, 0.05) is 0 Å². The van der Waals surface area contributed by atoms with Crippen LogP contribution in [-0.2, 0) is 16.1 Å². The minimum atomic E-state index is -0.358. The lowest BCUT2D eigenvalue weighted by atomic mass is 10.0. The largest absolute Gasteiger partial charge is 0.497 e. The molecule has 0 fully saturated rings. The van der Waals surface area contributed by atoms with Crippen LogP contribution in [0, 0.1) is 0 Å². The molecule has 0 radical (unpaired) electrons.